The van der Waals surface area contributed by atoms with E-state index >= 15 is 0 Å². The van der Waals surface area contributed by atoms with Crippen molar-refractivity contribution < 1.29 is 18.8 Å². The lowest BCUT2D eigenvalue weighted by atomic mass is 10.2. The quantitative estimate of drug-likeness (QED) is 0.505. The number of amides is 1. The number of anilines is 1. The molecule has 1 aromatic rings. The van der Waals surface area contributed by atoms with Crippen LogP contribution >= 0.6 is 0 Å². The minimum Gasteiger partial charge on any atom is -0.503 e. The average molecular weight is 366 g/mol. The van der Waals surface area contributed by atoms with E-state index in [2.05, 4.69) is 46.9 Å². The molecule has 140 valence electrons. The van der Waals surface area contributed by atoms with Gasteiger partial charge in [0.25, 0.3) is 8.32 Å². The van der Waals surface area contributed by atoms with E-state index in [1.165, 1.54) is 0 Å². The Labute approximate surface area is 152 Å². The number of ether oxygens (including phenoxy) is 1. The number of hydrogen-bond acceptors (Lipinski definition) is 4. The van der Waals surface area contributed by atoms with Crippen molar-refractivity contribution in [1.29, 1.82) is 0 Å². The Morgan fingerprint density at radius 3 is 1.84 bits per heavy atom. The molecule has 0 radical (unpaired) electrons. The third-order valence-electron chi connectivity index (χ3n) is 4.62. The van der Waals surface area contributed by atoms with Crippen LogP contribution in [0.4, 0.5) is 10.5 Å². The molecule has 1 rings (SSSR count). The van der Waals surface area contributed by atoms with Crippen molar-refractivity contribution in [2.24, 2.45) is 0 Å². The van der Waals surface area contributed by atoms with Crippen LogP contribution in [0.2, 0.25) is 16.6 Å². The van der Waals surface area contributed by atoms with E-state index in [1.54, 1.807) is 31.2 Å². The molecule has 0 saturated carbocycles. The maximum absolute atomic E-state index is 12.5. The molecule has 1 amide bonds. The summed E-state index contributed by atoms with van der Waals surface area (Å²) in [5.74, 6) is -0.373. The zero-order valence-corrected chi connectivity index (χ0v) is 17.4. The Morgan fingerprint density at radius 1 is 0.960 bits per heavy atom. The predicted octanol–water partition coefficient (Wildman–Crippen LogP) is 5.59. The van der Waals surface area contributed by atoms with E-state index in [4.69, 9.17) is 9.16 Å². The first kappa shape index (κ1) is 21.2. The van der Waals surface area contributed by atoms with Gasteiger partial charge in [-0.2, -0.15) is 0 Å². The molecule has 25 heavy (non-hydrogen) atoms. The lowest BCUT2D eigenvalue weighted by Crippen LogP contribution is -2.50. The number of rotatable bonds is 7. The van der Waals surface area contributed by atoms with Crippen molar-refractivity contribution in [3.05, 3.63) is 29.8 Å². The molecule has 6 heteroatoms. The Bertz CT molecular complexity index is 560. The number of benzene rings is 1. The van der Waals surface area contributed by atoms with Gasteiger partial charge in [0, 0.05) is 5.69 Å². The molecule has 1 aromatic carbocycles. The van der Waals surface area contributed by atoms with E-state index in [-0.39, 0.29) is 5.97 Å². The maximum atomic E-state index is 12.5. The minimum absolute atomic E-state index is 0.324. The maximum Gasteiger partial charge on any atom is 0.398 e. The van der Waals surface area contributed by atoms with Crippen molar-refractivity contribution >= 4 is 26.1 Å². The van der Waals surface area contributed by atoms with E-state index in [1.807, 2.05) is 0 Å². The molecular weight excluding hydrogens is 334 g/mol. The second-order valence-corrected chi connectivity index (χ2v) is 12.5. The van der Waals surface area contributed by atoms with Gasteiger partial charge in [0.05, 0.1) is 12.2 Å². The summed E-state index contributed by atoms with van der Waals surface area (Å²) in [5, 5.41) is 2.78. The van der Waals surface area contributed by atoms with E-state index < -0.39 is 14.4 Å². The normalized spacial score (nSPS) is 11.8. The summed E-state index contributed by atoms with van der Waals surface area (Å²) in [6.07, 6.45) is -0.424. The first-order chi connectivity index (χ1) is 11.6. The van der Waals surface area contributed by atoms with Crippen LogP contribution in [0.25, 0.3) is 0 Å². The Balaban J connectivity index is 2.86. The number of esters is 1. The first-order valence-electron chi connectivity index (χ1n) is 8.92. The standard InChI is InChI=1S/C19H31NO4Si/c1-8-23-18(21)16-9-11-17(12-10-16)20-19(22)24-25(13(2)3,14(4)5)15(6)7/h9-15H,8H2,1-7H3,(H,20,22). The summed E-state index contributed by atoms with van der Waals surface area (Å²) in [5.41, 5.74) is 2.02. The summed E-state index contributed by atoms with van der Waals surface area (Å²) in [4.78, 5) is 24.1. The summed E-state index contributed by atoms with van der Waals surface area (Å²) < 4.78 is 11.0. The van der Waals surface area contributed by atoms with E-state index in [9.17, 15) is 9.59 Å². The number of nitrogens with one attached hydrogen (secondary N) is 1. The van der Waals surface area contributed by atoms with Crippen molar-refractivity contribution in [3.8, 4) is 0 Å². The monoisotopic (exact) mass is 365 g/mol. The van der Waals surface area contributed by atoms with Crippen LogP contribution < -0.4 is 5.32 Å². The highest BCUT2D eigenvalue weighted by molar-refractivity contribution is 6.79. The fourth-order valence-corrected chi connectivity index (χ4v) is 8.64. The van der Waals surface area contributed by atoms with Crippen molar-refractivity contribution in [1.82, 2.24) is 0 Å². The highest BCUT2D eigenvalue weighted by atomic mass is 28.4. The summed E-state index contributed by atoms with van der Waals surface area (Å²) in [7, 11) is -2.27. The van der Waals surface area contributed by atoms with E-state index in [0.29, 0.717) is 34.5 Å². The van der Waals surface area contributed by atoms with E-state index in [0.717, 1.165) is 0 Å². The third kappa shape index (κ3) is 5.08. The van der Waals surface area contributed by atoms with Crippen LogP contribution in [0.15, 0.2) is 24.3 Å². The fourth-order valence-electron chi connectivity index (χ4n) is 3.56. The van der Waals surface area contributed by atoms with Gasteiger partial charge in [0.2, 0.25) is 0 Å². The molecule has 0 aliphatic rings. The Morgan fingerprint density at radius 2 is 1.44 bits per heavy atom. The number of hydrogen-bond donors (Lipinski definition) is 1. The molecule has 0 aliphatic carbocycles. The SMILES string of the molecule is CCOC(=O)c1ccc(NC(=O)O[Si](C(C)C)(C(C)C)C(C)C)cc1. The van der Waals surface area contributed by atoms with Gasteiger partial charge in [-0.05, 0) is 47.8 Å². The van der Waals surface area contributed by atoms with Gasteiger partial charge < -0.3 is 9.16 Å². The van der Waals surface area contributed by atoms with Crippen molar-refractivity contribution in [3.63, 3.8) is 0 Å². The summed E-state index contributed by atoms with van der Waals surface area (Å²) in [6.45, 7) is 14.9. The van der Waals surface area contributed by atoms with Crippen LogP contribution in [-0.2, 0) is 9.16 Å². The molecule has 0 fully saturated rings. The predicted molar refractivity (Wildman–Crippen MR) is 104 cm³/mol. The second-order valence-electron chi connectivity index (χ2n) is 7.13. The molecule has 0 saturated heterocycles. The first-order valence-corrected chi connectivity index (χ1v) is 11.1. The second kappa shape index (κ2) is 9.04. The van der Waals surface area contributed by atoms with Crippen LogP contribution in [-0.4, -0.2) is 27.0 Å². The number of carbonyl (C=O) groups excluding carboxylic acids is 2. The molecule has 0 heterocycles. The van der Waals surface area contributed by atoms with Gasteiger partial charge in [-0.1, -0.05) is 41.5 Å². The highest BCUT2D eigenvalue weighted by Crippen LogP contribution is 2.42. The minimum atomic E-state index is -2.27. The van der Waals surface area contributed by atoms with Crippen molar-refractivity contribution in [2.75, 3.05) is 11.9 Å². The van der Waals surface area contributed by atoms with Crippen LogP contribution in [0.3, 0.4) is 0 Å². The molecule has 0 bridgehead atoms. The molecule has 0 spiro atoms. The van der Waals surface area contributed by atoms with Gasteiger partial charge in [0.1, 0.15) is 0 Å². The third-order valence-corrected chi connectivity index (χ3v) is 10.6. The van der Waals surface area contributed by atoms with Gasteiger partial charge in [0.15, 0.2) is 0 Å². The molecule has 0 unspecified atom stereocenters. The smallest absolute Gasteiger partial charge is 0.398 e. The molecule has 0 aliphatic heterocycles. The van der Waals surface area contributed by atoms with Crippen LogP contribution in [0.1, 0.15) is 58.8 Å². The fraction of sp³-hybridized carbons (Fsp3) is 0.579. The molecule has 0 aromatic heterocycles. The highest BCUT2D eigenvalue weighted by Gasteiger charge is 2.48. The average Bonchev–Trinajstić information content (AvgIpc) is 2.52. The Hall–Kier alpha value is -1.82. The summed E-state index contributed by atoms with van der Waals surface area (Å²) in [6, 6.07) is 6.62. The molecule has 1 N–H and O–H groups in total. The zero-order chi connectivity index (χ0) is 19.2. The van der Waals surface area contributed by atoms with Gasteiger partial charge >= 0.3 is 12.1 Å². The largest absolute Gasteiger partial charge is 0.503 e. The summed E-state index contributed by atoms with van der Waals surface area (Å²) >= 11 is 0. The van der Waals surface area contributed by atoms with Gasteiger partial charge in [-0.3, -0.25) is 5.32 Å². The van der Waals surface area contributed by atoms with Crippen molar-refractivity contribution in [2.45, 2.75) is 65.1 Å². The van der Waals surface area contributed by atoms with Gasteiger partial charge in [-0.25, -0.2) is 9.59 Å². The lowest BCUT2D eigenvalue weighted by Gasteiger charge is -2.41. The number of carbonyl (C=O) groups is 2. The van der Waals surface area contributed by atoms with Crippen LogP contribution in [0, 0.1) is 0 Å². The van der Waals surface area contributed by atoms with Gasteiger partial charge in [-0.15, -0.1) is 0 Å². The Kier molecular flexibility index (Phi) is 7.67. The zero-order valence-electron chi connectivity index (χ0n) is 16.4. The molecule has 0 atom stereocenters. The molecule has 5 nitrogen and oxygen atoms in total. The molecular formula is C19H31NO4Si. The lowest BCUT2D eigenvalue weighted by molar-refractivity contribution is 0.0526. The van der Waals surface area contributed by atoms with Crippen LogP contribution in [0.5, 0.6) is 0 Å². The topological polar surface area (TPSA) is 64.6 Å².